The van der Waals surface area contributed by atoms with Gasteiger partial charge in [0.2, 0.25) is 0 Å². The van der Waals surface area contributed by atoms with E-state index >= 15 is 0 Å². The topological polar surface area (TPSA) is 44.1 Å². The van der Waals surface area contributed by atoms with E-state index in [0.717, 1.165) is 28.8 Å². The molecule has 0 saturated heterocycles. The number of carbonyl (C=O) groups excluding carboxylic acids is 1. The summed E-state index contributed by atoms with van der Waals surface area (Å²) in [5.41, 5.74) is 2.41. The second-order valence-electron chi connectivity index (χ2n) is 4.18. The van der Waals surface area contributed by atoms with Crippen molar-refractivity contribution in [3.63, 3.8) is 0 Å². The molecule has 3 aromatic rings. The monoisotopic (exact) mass is 252 g/mol. The maximum atomic E-state index is 10.7. The Balaban J connectivity index is 2.11. The van der Waals surface area contributed by atoms with Crippen molar-refractivity contribution in [1.29, 1.82) is 0 Å². The number of benzene rings is 1. The van der Waals surface area contributed by atoms with Gasteiger partial charge in [-0.05, 0) is 36.4 Å². The van der Waals surface area contributed by atoms with E-state index in [0.29, 0.717) is 5.56 Å². The Morgan fingerprint density at radius 2 is 2.00 bits per heavy atom. The molecule has 4 heteroatoms. The van der Waals surface area contributed by atoms with Crippen LogP contribution in [0.2, 0.25) is 0 Å². The average molecular weight is 252 g/mol. The summed E-state index contributed by atoms with van der Waals surface area (Å²) in [6.45, 7) is 0. The molecule has 0 unspecified atom stereocenters. The maximum Gasteiger partial charge on any atom is 0.151 e. The quantitative estimate of drug-likeness (QED) is 0.673. The summed E-state index contributed by atoms with van der Waals surface area (Å²) in [5.74, 6) is 0.816. The lowest BCUT2D eigenvalue weighted by Gasteiger charge is -2.06. The Morgan fingerprint density at radius 1 is 1.21 bits per heavy atom. The molecule has 0 aliphatic heterocycles. The molecule has 3 rings (SSSR count). The largest absolute Gasteiger partial charge is 0.497 e. The third-order valence-electron chi connectivity index (χ3n) is 3.03. The first-order valence-electron chi connectivity index (χ1n) is 5.88. The van der Waals surface area contributed by atoms with Gasteiger partial charge in [0.15, 0.2) is 6.29 Å². The van der Waals surface area contributed by atoms with Crippen LogP contribution in [0.15, 0.2) is 48.8 Å². The molecule has 19 heavy (non-hydrogen) atoms. The minimum absolute atomic E-state index is 0.583. The number of methoxy groups -OCH3 is 1. The van der Waals surface area contributed by atoms with Crippen LogP contribution in [-0.2, 0) is 0 Å². The van der Waals surface area contributed by atoms with Crippen molar-refractivity contribution in [2.24, 2.45) is 0 Å². The Labute approximate surface area is 110 Å². The fraction of sp³-hybridized carbons (Fsp3) is 0.0667. The molecule has 0 spiro atoms. The smallest absolute Gasteiger partial charge is 0.151 e. The number of aldehydes is 1. The number of rotatable bonds is 3. The summed E-state index contributed by atoms with van der Waals surface area (Å²) in [7, 11) is 1.64. The molecular weight excluding hydrogens is 240 g/mol. The van der Waals surface area contributed by atoms with Gasteiger partial charge in [-0.1, -0.05) is 0 Å². The molecule has 2 heterocycles. The third kappa shape index (κ3) is 1.97. The molecule has 0 fully saturated rings. The molecule has 0 bridgehead atoms. The number of carbonyl (C=O) groups is 1. The summed E-state index contributed by atoms with van der Waals surface area (Å²) in [4.78, 5) is 15.1. The number of hydrogen-bond acceptors (Lipinski definition) is 3. The lowest BCUT2D eigenvalue weighted by atomic mass is 10.2. The molecule has 0 aliphatic carbocycles. The zero-order chi connectivity index (χ0) is 13.2. The second-order valence-corrected chi connectivity index (χ2v) is 4.18. The SMILES string of the molecule is COc1ccc(-n2ccc3cc(C=O)cnc32)cc1. The Bertz CT molecular complexity index is 729. The predicted octanol–water partition coefficient (Wildman–Crippen LogP) is 2.85. The van der Waals surface area contributed by atoms with Crippen molar-refractivity contribution in [2.45, 2.75) is 0 Å². The molecule has 0 radical (unpaired) electrons. The maximum absolute atomic E-state index is 10.7. The van der Waals surface area contributed by atoms with Gasteiger partial charge in [-0.15, -0.1) is 0 Å². The zero-order valence-corrected chi connectivity index (χ0v) is 10.4. The first kappa shape index (κ1) is 11.5. The van der Waals surface area contributed by atoms with E-state index in [2.05, 4.69) is 4.98 Å². The van der Waals surface area contributed by atoms with Gasteiger partial charge in [0.25, 0.3) is 0 Å². The van der Waals surface area contributed by atoms with Crippen LogP contribution in [0.25, 0.3) is 16.7 Å². The fourth-order valence-electron chi connectivity index (χ4n) is 2.06. The van der Waals surface area contributed by atoms with Crippen LogP contribution in [-0.4, -0.2) is 22.9 Å². The van der Waals surface area contributed by atoms with Crippen LogP contribution in [0.3, 0.4) is 0 Å². The van der Waals surface area contributed by atoms with E-state index < -0.39 is 0 Å². The number of hydrogen-bond donors (Lipinski definition) is 0. The van der Waals surface area contributed by atoms with Crippen molar-refractivity contribution in [1.82, 2.24) is 9.55 Å². The zero-order valence-electron chi connectivity index (χ0n) is 10.4. The summed E-state index contributed by atoms with van der Waals surface area (Å²) in [5, 5.41) is 0.945. The van der Waals surface area contributed by atoms with E-state index in [9.17, 15) is 4.79 Å². The Hall–Kier alpha value is -2.62. The molecule has 4 nitrogen and oxygen atoms in total. The highest BCUT2D eigenvalue weighted by molar-refractivity contribution is 5.85. The number of ether oxygens (including phenoxy) is 1. The van der Waals surface area contributed by atoms with Gasteiger partial charge in [-0.3, -0.25) is 4.79 Å². The predicted molar refractivity (Wildman–Crippen MR) is 73.0 cm³/mol. The standard InChI is InChI=1S/C15H12N2O2/c1-19-14-4-2-13(3-5-14)17-7-6-12-8-11(10-18)9-16-15(12)17/h2-10H,1H3. The summed E-state index contributed by atoms with van der Waals surface area (Å²) in [6.07, 6.45) is 4.32. The Kier molecular flexibility index (Phi) is 2.76. The normalized spacial score (nSPS) is 10.6. The van der Waals surface area contributed by atoms with Crippen LogP contribution < -0.4 is 4.74 Å². The van der Waals surface area contributed by atoms with E-state index in [1.165, 1.54) is 0 Å². The lowest BCUT2D eigenvalue weighted by Crippen LogP contribution is -1.94. The van der Waals surface area contributed by atoms with Crippen LogP contribution in [0.1, 0.15) is 10.4 Å². The van der Waals surface area contributed by atoms with E-state index in [1.54, 1.807) is 13.3 Å². The van der Waals surface area contributed by atoms with E-state index in [-0.39, 0.29) is 0 Å². The highest BCUT2D eigenvalue weighted by Crippen LogP contribution is 2.21. The number of fused-ring (bicyclic) bond motifs is 1. The summed E-state index contributed by atoms with van der Waals surface area (Å²) in [6, 6.07) is 11.5. The highest BCUT2D eigenvalue weighted by atomic mass is 16.5. The van der Waals surface area contributed by atoms with Crippen LogP contribution in [0, 0.1) is 0 Å². The Morgan fingerprint density at radius 3 is 2.68 bits per heavy atom. The molecule has 0 atom stereocenters. The van der Waals surface area contributed by atoms with Gasteiger partial charge in [0.1, 0.15) is 11.4 Å². The van der Waals surface area contributed by atoms with Gasteiger partial charge >= 0.3 is 0 Å². The number of nitrogens with zero attached hydrogens (tertiary/aromatic N) is 2. The fourth-order valence-corrected chi connectivity index (χ4v) is 2.06. The van der Waals surface area contributed by atoms with Crippen molar-refractivity contribution in [3.8, 4) is 11.4 Å². The van der Waals surface area contributed by atoms with Crippen LogP contribution in [0.5, 0.6) is 5.75 Å². The first-order chi connectivity index (χ1) is 9.31. The van der Waals surface area contributed by atoms with Crippen molar-refractivity contribution in [2.75, 3.05) is 7.11 Å². The van der Waals surface area contributed by atoms with Crippen molar-refractivity contribution < 1.29 is 9.53 Å². The molecule has 94 valence electrons. The van der Waals surface area contributed by atoms with Crippen LogP contribution in [0.4, 0.5) is 0 Å². The van der Waals surface area contributed by atoms with Crippen molar-refractivity contribution >= 4 is 17.3 Å². The molecule has 0 N–H and O–H groups in total. The van der Waals surface area contributed by atoms with Crippen LogP contribution >= 0.6 is 0 Å². The molecular formula is C15H12N2O2. The molecule has 0 amide bonds. The minimum Gasteiger partial charge on any atom is -0.497 e. The van der Waals surface area contributed by atoms with Crippen molar-refractivity contribution in [3.05, 3.63) is 54.4 Å². The van der Waals surface area contributed by atoms with Gasteiger partial charge in [-0.25, -0.2) is 4.98 Å². The van der Waals surface area contributed by atoms with Gasteiger partial charge in [0.05, 0.1) is 7.11 Å². The van der Waals surface area contributed by atoms with Gasteiger partial charge < -0.3 is 9.30 Å². The van der Waals surface area contributed by atoms with Gasteiger partial charge in [-0.2, -0.15) is 0 Å². The second kappa shape index (κ2) is 4.57. The average Bonchev–Trinajstić information content (AvgIpc) is 2.90. The molecule has 0 aliphatic rings. The number of aromatic nitrogens is 2. The van der Waals surface area contributed by atoms with E-state index in [1.807, 2.05) is 47.2 Å². The third-order valence-corrected chi connectivity index (χ3v) is 3.03. The molecule has 1 aromatic carbocycles. The summed E-state index contributed by atoms with van der Waals surface area (Å²) < 4.78 is 7.12. The van der Waals surface area contributed by atoms with E-state index in [4.69, 9.17) is 4.74 Å². The highest BCUT2D eigenvalue weighted by Gasteiger charge is 2.05. The molecule has 2 aromatic heterocycles. The minimum atomic E-state index is 0.583. The first-order valence-corrected chi connectivity index (χ1v) is 5.88. The number of pyridine rings is 1. The molecule has 0 saturated carbocycles. The lowest BCUT2D eigenvalue weighted by molar-refractivity contribution is 0.112. The van der Waals surface area contributed by atoms with Gasteiger partial charge in [0, 0.05) is 29.0 Å². The summed E-state index contributed by atoms with van der Waals surface area (Å²) >= 11 is 0.